The molecule has 2 nitrogen and oxygen atoms in total. The Morgan fingerprint density at radius 1 is 1.19 bits per heavy atom. The molecule has 3 heteroatoms. The minimum absolute atomic E-state index is 0.414. The molecule has 0 saturated carbocycles. The molecule has 0 amide bonds. The molecule has 16 heavy (non-hydrogen) atoms. The largest absolute Gasteiger partial charge is 0.320 e. The fourth-order valence-electron chi connectivity index (χ4n) is 1.34. The zero-order valence-corrected chi connectivity index (χ0v) is 9.63. The first kappa shape index (κ1) is 10.9. The van der Waals surface area contributed by atoms with Gasteiger partial charge in [0.25, 0.3) is 0 Å². The van der Waals surface area contributed by atoms with Gasteiger partial charge in [-0.2, -0.15) is 0 Å². The molecule has 0 unspecified atom stereocenters. The third-order valence-corrected chi connectivity index (χ3v) is 2.94. The maximum Gasteiger partial charge on any atom is 0.105 e. The molecule has 80 valence electrons. The highest BCUT2D eigenvalue weighted by Crippen LogP contribution is 2.21. The van der Waals surface area contributed by atoms with Crippen LogP contribution in [-0.2, 0) is 6.42 Å². The van der Waals surface area contributed by atoms with Crippen molar-refractivity contribution >= 4 is 11.3 Å². The highest BCUT2D eigenvalue weighted by atomic mass is 32.1. The van der Waals surface area contributed by atoms with E-state index in [-0.39, 0.29) is 0 Å². The fourth-order valence-corrected chi connectivity index (χ4v) is 2.09. The zero-order valence-electron chi connectivity index (χ0n) is 8.81. The molecule has 1 aromatic carbocycles. The summed E-state index contributed by atoms with van der Waals surface area (Å²) < 4.78 is 0. The molecule has 0 fully saturated rings. The summed E-state index contributed by atoms with van der Waals surface area (Å²) in [7, 11) is 0. The van der Waals surface area contributed by atoms with Gasteiger partial charge in [-0.25, -0.2) is 4.98 Å². The lowest BCUT2D eigenvalue weighted by molar-refractivity contribution is 1.21. The monoisotopic (exact) mass is 228 g/mol. The van der Waals surface area contributed by atoms with E-state index in [1.807, 2.05) is 18.2 Å². The van der Waals surface area contributed by atoms with Crippen LogP contribution < -0.4 is 5.73 Å². The molecule has 0 aliphatic heterocycles. The van der Waals surface area contributed by atoms with Crippen molar-refractivity contribution in [2.45, 2.75) is 6.42 Å². The van der Waals surface area contributed by atoms with Crippen LogP contribution in [0.1, 0.15) is 5.01 Å². The van der Waals surface area contributed by atoms with Gasteiger partial charge in [0.05, 0.1) is 18.7 Å². The standard InChI is InChI=1S/C13H12N2S/c14-9-5-4-8-13-15-12(10-16-13)11-6-2-1-3-7-11/h1-3,6-7,10H,8-9,14H2. The Hall–Kier alpha value is -1.63. The minimum atomic E-state index is 0.414. The summed E-state index contributed by atoms with van der Waals surface area (Å²) in [6.45, 7) is 0.414. The first-order valence-corrected chi connectivity index (χ1v) is 5.93. The van der Waals surface area contributed by atoms with E-state index >= 15 is 0 Å². The Balaban J connectivity index is 2.14. The molecule has 1 aromatic heterocycles. The Morgan fingerprint density at radius 2 is 2.00 bits per heavy atom. The smallest absolute Gasteiger partial charge is 0.105 e. The summed E-state index contributed by atoms with van der Waals surface area (Å²) in [5.41, 5.74) is 7.47. The van der Waals surface area contributed by atoms with E-state index in [4.69, 9.17) is 5.73 Å². The molecule has 2 rings (SSSR count). The van der Waals surface area contributed by atoms with Crippen molar-refractivity contribution in [1.82, 2.24) is 4.98 Å². The molecule has 2 aromatic rings. The second-order valence-corrected chi connectivity index (χ2v) is 4.17. The average Bonchev–Trinajstić information content (AvgIpc) is 2.79. The third-order valence-electron chi connectivity index (χ3n) is 2.09. The van der Waals surface area contributed by atoms with Crippen molar-refractivity contribution in [1.29, 1.82) is 0 Å². The Kier molecular flexibility index (Phi) is 3.71. The summed E-state index contributed by atoms with van der Waals surface area (Å²) in [6, 6.07) is 10.2. The predicted octanol–water partition coefficient (Wildman–Crippen LogP) is 2.31. The van der Waals surface area contributed by atoms with Crippen LogP contribution in [0.25, 0.3) is 11.3 Å². The molecule has 0 radical (unpaired) electrons. The van der Waals surface area contributed by atoms with Gasteiger partial charge in [-0.1, -0.05) is 42.2 Å². The molecule has 0 aliphatic carbocycles. The Labute approximate surface area is 99.1 Å². The second-order valence-electron chi connectivity index (χ2n) is 3.23. The predicted molar refractivity (Wildman–Crippen MR) is 68.1 cm³/mol. The van der Waals surface area contributed by atoms with Crippen LogP contribution >= 0.6 is 11.3 Å². The maximum absolute atomic E-state index is 5.30. The lowest BCUT2D eigenvalue weighted by Crippen LogP contribution is -1.93. The first-order valence-electron chi connectivity index (χ1n) is 5.06. The van der Waals surface area contributed by atoms with E-state index in [1.165, 1.54) is 0 Å². The van der Waals surface area contributed by atoms with Crippen LogP contribution in [0.2, 0.25) is 0 Å². The highest BCUT2D eigenvalue weighted by molar-refractivity contribution is 7.10. The fraction of sp³-hybridized carbons (Fsp3) is 0.154. The lowest BCUT2D eigenvalue weighted by atomic mass is 10.2. The van der Waals surface area contributed by atoms with Crippen LogP contribution in [0, 0.1) is 11.8 Å². The van der Waals surface area contributed by atoms with Gasteiger partial charge < -0.3 is 5.73 Å². The lowest BCUT2D eigenvalue weighted by Gasteiger charge is -1.93. The molecular weight excluding hydrogens is 216 g/mol. The maximum atomic E-state index is 5.30. The van der Waals surface area contributed by atoms with Crippen LogP contribution in [-0.4, -0.2) is 11.5 Å². The van der Waals surface area contributed by atoms with Crippen LogP contribution in [0.15, 0.2) is 35.7 Å². The van der Waals surface area contributed by atoms with Crippen molar-refractivity contribution in [3.8, 4) is 23.1 Å². The van der Waals surface area contributed by atoms with Crippen molar-refractivity contribution < 1.29 is 0 Å². The number of aromatic nitrogens is 1. The van der Waals surface area contributed by atoms with Gasteiger partial charge in [0, 0.05) is 10.9 Å². The number of nitrogens with two attached hydrogens (primary N) is 1. The quantitative estimate of drug-likeness (QED) is 0.801. The first-order chi connectivity index (χ1) is 7.90. The van der Waals surface area contributed by atoms with Gasteiger partial charge in [0.15, 0.2) is 0 Å². The number of hydrogen-bond donors (Lipinski definition) is 1. The Bertz CT molecular complexity index is 505. The summed E-state index contributed by atoms with van der Waals surface area (Å²) in [5.74, 6) is 5.83. The molecule has 0 bridgehead atoms. The van der Waals surface area contributed by atoms with Crippen molar-refractivity contribution in [3.05, 3.63) is 40.7 Å². The van der Waals surface area contributed by atoms with Gasteiger partial charge in [-0.15, -0.1) is 11.3 Å². The number of rotatable bonds is 2. The number of nitrogens with zero attached hydrogens (tertiary/aromatic N) is 1. The van der Waals surface area contributed by atoms with E-state index in [0.29, 0.717) is 13.0 Å². The van der Waals surface area contributed by atoms with Gasteiger partial charge in [-0.05, 0) is 0 Å². The SMILES string of the molecule is NCC#CCc1nc(-c2ccccc2)cs1. The van der Waals surface area contributed by atoms with E-state index in [2.05, 4.69) is 34.3 Å². The summed E-state index contributed by atoms with van der Waals surface area (Å²) >= 11 is 1.64. The van der Waals surface area contributed by atoms with E-state index < -0.39 is 0 Å². The number of hydrogen-bond acceptors (Lipinski definition) is 3. The molecule has 0 atom stereocenters. The van der Waals surface area contributed by atoms with Gasteiger partial charge >= 0.3 is 0 Å². The van der Waals surface area contributed by atoms with Crippen LogP contribution in [0.5, 0.6) is 0 Å². The summed E-state index contributed by atoms with van der Waals surface area (Å²) in [5, 5.41) is 3.11. The number of benzene rings is 1. The van der Waals surface area contributed by atoms with Crippen molar-refractivity contribution in [2.75, 3.05) is 6.54 Å². The van der Waals surface area contributed by atoms with Gasteiger partial charge in [0.1, 0.15) is 5.01 Å². The third kappa shape index (κ3) is 2.69. The molecular formula is C13H12N2S. The van der Waals surface area contributed by atoms with Crippen molar-refractivity contribution in [2.24, 2.45) is 5.73 Å². The summed E-state index contributed by atoms with van der Waals surface area (Å²) in [6.07, 6.45) is 0.689. The van der Waals surface area contributed by atoms with Crippen LogP contribution in [0.3, 0.4) is 0 Å². The topological polar surface area (TPSA) is 38.9 Å². The average molecular weight is 228 g/mol. The minimum Gasteiger partial charge on any atom is -0.320 e. The molecule has 2 N–H and O–H groups in total. The van der Waals surface area contributed by atoms with E-state index in [1.54, 1.807) is 11.3 Å². The number of thiazole rings is 1. The van der Waals surface area contributed by atoms with E-state index in [9.17, 15) is 0 Å². The van der Waals surface area contributed by atoms with Crippen LogP contribution in [0.4, 0.5) is 0 Å². The van der Waals surface area contributed by atoms with Gasteiger partial charge in [0.2, 0.25) is 0 Å². The molecule has 0 spiro atoms. The van der Waals surface area contributed by atoms with Gasteiger partial charge in [-0.3, -0.25) is 0 Å². The second kappa shape index (κ2) is 5.45. The Morgan fingerprint density at radius 3 is 2.75 bits per heavy atom. The molecule has 0 saturated heterocycles. The van der Waals surface area contributed by atoms with Crippen molar-refractivity contribution in [3.63, 3.8) is 0 Å². The summed E-state index contributed by atoms with van der Waals surface area (Å²) in [4.78, 5) is 4.53. The molecule has 0 aliphatic rings. The zero-order chi connectivity index (χ0) is 11.2. The molecule has 1 heterocycles. The normalized spacial score (nSPS) is 9.56. The van der Waals surface area contributed by atoms with E-state index in [0.717, 1.165) is 16.3 Å². The highest BCUT2D eigenvalue weighted by Gasteiger charge is 2.02.